The Morgan fingerprint density at radius 2 is 2.05 bits per heavy atom. The molecule has 1 fully saturated rings. The Balaban J connectivity index is 2.19. The van der Waals surface area contributed by atoms with Crippen LogP contribution in [0.2, 0.25) is 0 Å². The maximum Gasteiger partial charge on any atom is 0.248 e. The predicted octanol–water partition coefficient (Wildman–Crippen LogP) is 2.19. The first-order chi connectivity index (χ1) is 10.5. The highest BCUT2D eigenvalue weighted by Crippen LogP contribution is 2.26. The topological polar surface area (TPSA) is 32.8 Å². The van der Waals surface area contributed by atoms with Crippen molar-refractivity contribution in [3.05, 3.63) is 35.9 Å². The second kappa shape index (κ2) is 7.75. The fourth-order valence-electron chi connectivity index (χ4n) is 3.31. The fraction of sp³-hybridized carbons (Fsp3) is 0.611. The molecule has 4 heteroatoms. The number of benzene rings is 1. The van der Waals surface area contributed by atoms with Gasteiger partial charge < -0.3 is 9.64 Å². The highest BCUT2D eigenvalue weighted by molar-refractivity contribution is 5.78. The molecule has 2 rings (SSSR count). The van der Waals surface area contributed by atoms with E-state index < -0.39 is 0 Å². The van der Waals surface area contributed by atoms with E-state index in [4.69, 9.17) is 4.74 Å². The van der Waals surface area contributed by atoms with E-state index in [9.17, 15) is 4.79 Å². The quantitative estimate of drug-likeness (QED) is 0.807. The van der Waals surface area contributed by atoms with Crippen molar-refractivity contribution in [1.29, 1.82) is 0 Å². The van der Waals surface area contributed by atoms with E-state index in [2.05, 4.69) is 50.1 Å². The number of carbonyl (C=O) groups excluding carboxylic acids is 1. The molecule has 1 aromatic carbocycles. The minimum atomic E-state index is 0.100. The second-order valence-electron chi connectivity index (χ2n) is 6.39. The number of hydrogen-bond donors (Lipinski definition) is 0. The molecule has 1 saturated heterocycles. The molecule has 2 atom stereocenters. The third-order valence-corrected chi connectivity index (χ3v) is 4.72. The minimum absolute atomic E-state index is 0.100. The van der Waals surface area contributed by atoms with Crippen molar-refractivity contribution in [2.45, 2.75) is 44.8 Å². The van der Waals surface area contributed by atoms with E-state index >= 15 is 0 Å². The summed E-state index contributed by atoms with van der Waals surface area (Å²) in [6, 6.07) is 11.5. The monoisotopic (exact) mass is 304 g/mol. The zero-order chi connectivity index (χ0) is 16.1. The third-order valence-electron chi connectivity index (χ3n) is 4.72. The van der Waals surface area contributed by atoms with Crippen molar-refractivity contribution in [3.8, 4) is 0 Å². The second-order valence-corrected chi connectivity index (χ2v) is 6.39. The summed E-state index contributed by atoms with van der Waals surface area (Å²) in [5.41, 5.74) is 1.28. The summed E-state index contributed by atoms with van der Waals surface area (Å²) in [6.45, 7) is 5.41. The average Bonchev–Trinajstić information content (AvgIpc) is 2.91. The molecule has 0 bridgehead atoms. The summed E-state index contributed by atoms with van der Waals surface area (Å²) >= 11 is 0. The van der Waals surface area contributed by atoms with Gasteiger partial charge in [-0.15, -0.1) is 0 Å². The van der Waals surface area contributed by atoms with Gasteiger partial charge in [-0.25, -0.2) is 0 Å². The van der Waals surface area contributed by atoms with E-state index in [0.717, 1.165) is 19.4 Å². The molecule has 122 valence electrons. The molecule has 0 radical (unpaired) electrons. The maximum absolute atomic E-state index is 12.4. The molecule has 1 heterocycles. The van der Waals surface area contributed by atoms with Gasteiger partial charge in [-0.05, 0) is 39.3 Å². The smallest absolute Gasteiger partial charge is 0.248 e. The Labute approximate surface area is 134 Å². The number of nitrogens with zero attached hydrogens (tertiary/aromatic N) is 2. The van der Waals surface area contributed by atoms with Gasteiger partial charge in [-0.3, -0.25) is 9.69 Å². The van der Waals surface area contributed by atoms with Crippen molar-refractivity contribution in [2.75, 3.05) is 27.3 Å². The van der Waals surface area contributed by atoms with Gasteiger partial charge in [-0.1, -0.05) is 30.3 Å². The number of likely N-dealkylation sites (tertiary alicyclic amines) is 1. The number of carbonyl (C=O) groups is 1. The third kappa shape index (κ3) is 3.87. The summed E-state index contributed by atoms with van der Waals surface area (Å²) in [6.07, 6.45) is 1.93. The molecule has 22 heavy (non-hydrogen) atoms. The maximum atomic E-state index is 12.4. The van der Waals surface area contributed by atoms with Crippen LogP contribution in [-0.4, -0.2) is 61.1 Å². The van der Waals surface area contributed by atoms with Crippen LogP contribution in [-0.2, 0) is 16.0 Å². The normalized spacial score (nSPS) is 21.8. The highest BCUT2D eigenvalue weighted by Gasteiger charge is 2.39. The number of amides is 1. The van der Waals surface area contributed by atoms with E-state index in [0.29, 0.717) is 12.1 Å². The van der Waals surface area contributed by atoms with Crippen molar-refractivity contribution >= 4 is 5.91 Å². The molecule has 1 aliphatic heterocycles. The van der Waals surface area contributed by atoms with E-state index in [1.165, 1.54) is 5.56 Å². The van der Waals surface area contributed by atoms with Crippen LogP contribution in [0.5, 0.6) is 0 Å². The van der Waals surface area contributed by atoms with Crippen LogP contribution in [0, 0.1) is 0 Å². The lowest BCUT2D eigenvalue weighted by atomic mass is 9.98. The van der Waals surface area contributed by atoms with Crippen LogP contribution in [0.1, 0.15) is 25.8 Å². The molecule has 0 unspecified atom stereocenters. The van der Waals surface area contributed by atoms with Gasteiger partial charge in [0.2, 0.25) is 5.91 Å². The summed E-state index contributed by atoms with van der Waals surface area (Å²) in [5, 5.41) is 0. The SMILES string of the molecule is COCC(=O)N1CC[C@@H](N(C)C(C)C)[C@@H]1Cc1ccccc1. The molecule has 0 saturated carbocycles. The van der Waals surface area contributed by atoms with E-state index in [1.54, 1.807) is 7.11 Å². The van der Waals surface area contributed by atoms with Gasteiger partial charge in [0, 0.05) is 25.7 Å². The Hall–Kier alpha value is -1.39. The lowest BCUT2D eigenvalue weighted by molar-refractivity contribution is -0.136. The lowest BCUT2D eigenvalue weighted by Crippen LogP contribution is -2.49. The highest BCUT2D eigenvalue weighted by atomic mass is 16.5. The number of hydrogen-bond acceptors (Lipinski definition) is 3. The van der Waals surface area contributed by atoms with Crippen molar-refractivity contribution in [3.63, 3.8) is 0 Å². The van der Waals surface area contributed by atoms with Crippen molar-refractivity contribution in [1.82, 2.24) is 9.80 Å². The zero-order valence-electron chi connectivity index (χ0n) is 14.2. The van der Waals surface area contributed by atoms with Gasteiger partial charge in [-0.2, -0.15) is 0 Å². The molecule has 1 aliphatic rings. The van der Waals surface area contributed by atoms with Gasteiger partial charge in [0.1, 0.15) is 6.61 Å². The minimum Gasteiger partial charge on any atom is -0.375 e. The van der Waals surface area contributed by atoms with E-state index in [1.807, 2.05) is 11.0 Å². The first-order valence-electron chi connectivity index (χ1n) is 8.09. The summed E-state index contributed by atoms with van der Waals surface area (Å²) in [4.78, 5) is 16.8. The van der Waals surface area contributed by atoms with Crippen LogP contribution < -0.4 is 0 Å². The van der Waals surface area contributed by atoms with Gasteiger partial charge in [0.05, 0.1) is 6.04 Å². The molecular weight excluding hydrogens is 276 g/mol. The Morgan fingerprint density at radius 1 is 1.36 bits per heavy atom. The number of rotatable bonds is 6. The summed E-state index contributed by atoms with van der Waals surface area (Å²) in [5.74, 6) is 0.100. The number of methoxy groups -OCH3 is 1. The Kier molecular flexibility index (Phi) is 5.98. The molecule has 0 aromatic heterocycles. The average molecular weight is 304 g/mol. The molecular formula is C18H28N2O2. The molecule has 1 aromatic rings. The zero-order valence-corrected chi connectivity index (χ0v) is 14.2. The summed E-state index contributed by atoms with van der Waals surface area (Å²) < 4.78 is 5.05. The van der Waals surface area contributed by atoms with Crippen LogP contribution in [0.3, 0.4) is 0 Å². The first kappa shape index (κ1) is 17.0. The summed E-state index contributed by atoms with van der Waals surface area (Å²) in [7, 11) is 3.75. The molecule has 1 amide bonds. The van der Waals surface area contributed by atoms with Crippen molar-refractivity contribution < 1.29 is 9.53 Å². The Bertz CT molecular complexity index is 475. The van der Waals surface area contributed by atoms with Crippen LogP contribution in [0.15, 0.2) is 30.3 Å². The van der Waals surface area contributed by atoms with Crippen molar-refractivity contribution in [2.24, 2.45) is 0 Å². The van der Waals surface area contributed by atoms with Crippen LogP contribution >= 0.6 is 0 Å². The fourth-order valence-corrected chi connectivity index (χ4v) is 3.31. The first-order valence-corrected chi connectivity index (χ1v) is 8.09. The number of ether oxygens (including phenoxy) is 1. The predicted molar refractivity (Wildman–Crippen MR) is 88.8 cm³/mol. The van der Waals surface area contributed by atoms with Crippen LogP contribution in [0.25, 0.3) is 0 Å². The molecule has 0 aliphatic carbocycles. The van der Waals surface area contributed by atoms with Gasteiger partial charge >= 0.3 is 0 Å². The van der Waals surface area contributed by atoms with Crippen LogP contribution in [0.4, 0.5) is 0 Å². The largest absolute Gasteiger partial charge is 0.375 e. The standard InChI is InChI=1S/C18H28N2O2/c1-14(2)19(3)16-10-11-20(18(21)13-22-4)17(16)12-15-8-6-5-7-9-15/h5-9,14,16-17H,10-13H2,1-4H3/t16-,17+/m1/s1. The van der Waals surface area contributed by atoms with E-state index in [-0.39, 0.29) is 18.6 Å². The molecule has 4 nitrogen and oxygen atoms in total. The number of likely N-dealkylation sites (N-methyl/N-ethyl adjacent to an activating group) is 1. The molecule has 0 N–H and O–H groups in total. The van der Waals surface area contributed by atoms with Gasteiger partial charge in [0.25, 0.3) is 0 Å². The van der Waals surface area contributed by atoms with Gasteiger partial charge in [0.15, 0.2) is 0 Å². The molecule has 0 spiro atoms. The Morgan fingerprint density at radius 3 is 2.64 bits per heavy atom. The lowest BCUT2D eigenvalue weighted by Gasteiger charge is -2.35.